The number of hydrogen-bond donors (Lipinski definition) is 1. The molecule has 0 aliphatic carbocycles. The van der Waals surface area contributed by atoms with E-state index in [1.54, 1.807) is 0 Å². The third kappa shape index (κ3) is 2.53. The standard InChI is InChI=1S/C17H14N4O3S/c18-8-13-15-10-3-5-20(6-4-10)17(15)25-16(13)19-9-11-7-12(21(23)24)1-2-14(11)22/h1-2,7,9-10,22H,3-6H2. The number of phenolic OH excluding ortho intramolecular Hbond substituents is 1. The molecule has 0 spiro atoms. The van der Waals surface area contributed by atoms with E-state index in [-0.39, 0.29) is 17.0 Å². The number of nitro groups is 1. The third-order valence-corrected chi connectivity index (χ3v) is 5.93. The van der Waals surface area contributed by atoms with Crippen molar-refractivity contribution in [2.45, 2.75) is 18.8 Å². The molecule has 3 aliphatic rings. The lowest BCUT2D eigenvalue weighted by Gasteiger charge is -2.39. The van der Waals surface area contributed by atoms with E-state index in [4.69, 9.17) is 0 Å². The number of thiophene rings is 1. The van der Waals surface area contributed by atoms with Crippen LogP contribution in [0.25, 0.3) is 0 Å². The maximum Gasteiger partial charge on any atom is 0.270 e. The number of aromatic hydroxyl groups is 1. The number of fused-ring (bicyclic) bond motifs is 2. The Kier molecular flexibility index (Phi) is 3.66. The van der Waals surface area contributed by atoms with E-state index >= 15 is 0 Å². The van der Waals surface area contributed by atoms with Gasteiger partial charge >= 0.3 is 0 Å². The lowest BCUT2D eigenvalue weighted by Crippen LogP contribution is -2.37. The van der Waals surface area contributed by atoms with Gasteiger partial charge in [-0.05, 0) is 24.8 Å². The number of aliphatic imine (C=N–C) groups is 1. The minimum absolute atomic E-state index is 0.0852. The van der Waals surface area contributed by atoms with Gasteiger partial charge in [-0.3, -0.25) is 10.1 Å². The predicted octanol–water partition coefficient (Wildman–Crippen LogP) is 3.68. The number of nitriles is 1. The van der Waals surface area contributed by atoms with Crippen LogP contribution in [0.15, 0.2) is 23.2 Å². The van der Waals surface area contributed by atoms with Gasteiger partial charge in [-0.1, -0.05) is 11.3 Å². The molecule has 1 saturated heterocycles. The predicted molar refractivity (Wildman–Crippen MR) is 95.2 cm³/mol. The second-order valence-electron chi connectivity index (χ2n) is 6.13. The highest BCUT2D eigenvalue weighted by Gasteiger charge is 2.36. The number of rotatable bonds is 3. The van der Waals surface area contributed by atoms with Crippen molar-refractivity contribution in [1.82, 2.24) is 0 Å². The monoisotopic (exact) mass is 354 g/mol. The van der Waals surface area contributed by atoms with Gasteiger partial charge in [0.15, 0.2) is 0 Å². The van der Waals surface area contributed by atoms with Crippen LogP contribution < -0.4 is 4.90 Å². The molecule has 1 N–H and O–H groups in total. The Morgan fingerprint density at radius 1 is 1.44 bits per heavy atom. The third-order valence-electron chi connectivity index (χ3n) is 4.75. The summed E-state index contributed by atoms with van der Waals surface area (Å²) in [7, 11) is 0. The van der Waals surface area contributed by atoms with Crippen LogP contribution in [0.3, 0.4) is 0 Å². The van der Waals surface area contributed by atoms with E-state index in [0.717, 1.165) is 36.5 Å². The van der Waals surface area contributed by atoms with E-state index in [0.29, 0.717) is 16.5 Å². The van der Waals surface area contributed by atoms with Crippen LogP contribution in [0, 0.1) is 21.4 Å². The number of benzene rings is 1. The normalized spacial score (nSPS) is 16.2. The smallest absolute Gasteiger partial charge is 0.270 e. The van der Waals surface area contributed by atoms with E-state index in [1.165, 1.54) is 35.8 Å². The van der Waals surface area contributed by atoms with Crippen molar-refractivity contribution in [1.29, 1.82) is 5.26 Å². The Bertz CT molecular complexity index is 936. The first kappa shape index (κ1) is 15.6. The molecule has 0 saturated carbocycles. The minimum Gasteiger partial charge on any atom is -0.507 e. The van der Waals surface area contributed by atoms with Gasteiger partial charge in [-0.15, -0.1) is 0 Å². The lowest BCUT2D eigenvalue weighted by atomic mass is 9.84. The summed E-state index contributed by atoms with van der Waals surface area (Å²) in [6, 6.07) is 6.05. The zero-order valence-electron chi connectivity index (χ0n) is 13.2. The molecule has 2 bridgehead atoms. The fourth-order valence-corrected chi connectivity index (χ4v) is 4.73. The Morgan fingerprint density at radius 3 is 2.88 bits per heavy atom. The number of piperidine rings is 1. The van der Waals surface area contributed by atoms with Crippen molar-refractivity contribution < 1.29 is 10.0 Å². The molecule has 1 aromatic heterocycles. The number of hydrogen-bond acceptors (Lipinski definition) is 7. The average Bonchev–Trinajstić information content (AvgIpc) is 3.02. The van der Waals surface area contributed by atoms with Crippen molar-refractivity contribution >= 4 is 33.2 Å². The van der Waals surface area contributed by atoms with Gasteiger partial charge in [-0.25, -0.2) is 4.99 Å². The molecule has 2 aromatic rings. The van der Waals surface area contributed by atoms with E-state index in [2.05, 4.69) is 16.0 Å². The highest BCUT2D eigenvalue weighted by atomic mass is 32.1. The molecule has 7 nitrogen and oxygen atoms in total. The summed E-state index contributed by atoms with van der Waals surface area (Å²) in [5, 5.41) is 32.1. The molecule has 1 aromatic carbocycles. The first-order valence-electron chi connectivity index (χ1n) is 7.91. The lowest BCUT2D eigenvalue weighted by molar-refractivity contribution is -0.384. The first-order valence-corrected chi connectivity index (χ1v) is 8.73. The SMILES string of the molecule is N#Cc1c(N=Cc2cc([N+](=O)[O-])ccc2O)sc2c1C1CCN2CC1. The number of phenols is 1. The minimum atomic E-state index is -0.522. The van der Waals surface area contributed by atoms with Crippen molar-refractivity contribution in [3.05, 3.63) is 45.0 Å². The van der Waals surface area contributed by atoms with Gasteiger partial charge in [0.25, 0.3) is 5.69 Å². The zero-order valence-corrected chi connectivity index (χ0v) is 14.0. The molecule has 8 heteroatoms. The Morgan fingerprint density at radius 2 is 2.20 bits per heavy atom. The second kappa shape index (κ2) is 5.86. The Balaban J connectivity index is 1.74. The second-order valence-corrected chi connectivity index (χ2v) is 7.11. The van der Waals surface area contributed by atoms with Crippen molar-refractivity contribution in [2.24, 2.45) is 4.99 Å². The molecule has 3 aliphatic heterocycles. The van der Waals surface area contributed by atoms with Gasteiger partial charge in [-0.2, -0.15) is 5.26 Å². The quantitative estimate of drug-likeness (QED) is 0.514. The molecular formula is C17H14N4O3S. The van der Waals surface area contributed by atoms with Crippen LogP contribution in [0.2, 0.25) is 0 Å². The van der Waals surface area contributed by atoms with Gasteiger partial charge in [0.2, 0.25) is 0 Å². The molecular weight excluding hydrogens is 340 g/mol. The van der Waals surface area contributed by atoms with Gasteiger partial charge in [0.05, 0.1) is 15.5 Å². The first-order chi connectivity index (χ1) is 12.1. The molecule has 0 unspecified atom stereocenters. The van der Waals surface area contributed by atoms with E-state index in [9.17, 15) is 20.5 Å². The molecule has 0 amide bonds. The Hall–Kier alpha value is -2.92. The largest absolute Gasteiger partial charge is 0.507 e. The summed E-state index contributed by atoms with van der Waals surface area (Å²) in [5.74, 6) is 0.332. The summed E-state index contributed by atoms with van der Waals surface area (Å²) in [5.41, 5.74) is 1.83. The summed E-state index contributed by atoms with van der Waals surface area (Å²) in [4.78, 5) is 17.0. The fourth-order valence-electron chi connectivity index (χ4n) is 3.49. The van der Waals surface area contributed by atoms with Gasteiger partial charge < -0.3 is 10.0 Å². The molecule has 4 heterocycles. The number of nitrogens with zero attached hydrogens (tertiary/aromatic N) is 4. The Labute approximate surface area is 147 Å². The van der Waals surface area contributed by atoms with Crippen LogP contribution in [-0.4, -0.2) is 29.3 Å². The molecule has 0 radical (unpaired) electrons. The maximum atomic E-state index is 10.9. The maximum absolute atomic E-state index is 10.9. The number of anilines is 1. The molecule has 5 rings (SSSR count). The average molecular weight is 354 g/mol. The van der Waals surface area contributed by atoms with Crippen LogP contribution >= 0.6 is 11.3 Å². The molecule has 126 valence electrons. The summed E-state index contributed by atoms with van der Waals surface area (Å²) < 4.78 is 0. The van der Waals surface area contributed by atoms with Crippen molar-refractivity contribution in [2.75, 3.05) is 18.0 Å². The van der Waals surface area contributed by atoms with Crippen LogP contribution in [0.4, 0.5) is 15.7 Å². The molecule has 1 fully saturated rings. The van der Waals surface area contributed by atoms with Crippen LogP contribution in [0.5, 0.6) is 5.75 Å². The highest BCUT2D eigenvalue weighted by molar-refractivity contribution is 7.20. The van der Waals surface area contributed by atoms with Gasteiger partial charge in [0, 0.05) is 42.6 Å². The fraction of sp³-hybridized carbons (Fsp3) is 0.294. The van der Waals surface area contributed by atoms with E-state index < -0.39 is 4.92 Å². The van der Waals surface area contributed by atoms with Crippen LogP contribution in [0.1, 0.15) is 35.4 Å². The number of non-ortho nitro benzene ring substituents is 1. The van der Waals surface area contributed by atoms with Crippen molar-refractivity contribution in [3.63, 3.8) is 0 Å². The molecule has 0 atom stereocenters. The topological polar surface area (TPSA) is 103 Å². The summed E-state index contributed by atoms with van der Waals surface area (Å²) in [6.07, 6.45) is 3.51. The van der Waals surface area contributed by atoms with Crippen LogP contribution in [-0.2, 0) is 0 Å². The summed E-state index contributed by atoms with van der Waals surface area (Å²) >= 11 is 1.48. The van der Waals surface area contributed by atoms with Gasteiger partial charge in [0.1, 0.15) is 16.8 Å². The zero-order chi connectivity index (χ0) is 17.6. The molecule has 25 heavy (non-hydrogen) atoms. The number of nitro benzene ring substituents is 1. The van der Waals surface area contributed by atoms with Crippen molar-refractivity contribution in [3.8, 4) is 11.8 Å². The van der Waals surface area contributed by atoms with E-state index in [1.807, 2.05) is 0 Å². The highest BCUT2D eigenvalue weighted by Crippen LogP contribution is 2.52. The summed E-state index contributed by atoms with van der Waals surface area (Å²) in [6.45, 7) is 2.02.